The highest BCUT2D eigenvalue weighted by Crippen LogP contribution is 2.35. The number of halogens is 1. The molecule has 0 unspecified atom stereocenters. The minimum atomic E-state index is -0.167. The van der Waals surface area contributed by atoms with Gasteiger partial charge < -0.3 is 4.90 Å². The molecule has 5 nitrogen and oxygen atoms in total. The zero-order valence-corrected chi connectivity index (χ0v) is 16.6. The standard InChI is InChI=1S/C20H20ClN3O2S/c1-13-17(14-5-7-15(21)8-6-14)18-19(27-13)22-12-24(20(18)26)11-16(25)23-9-3-2-4-10-23/h5-8,12H,2-4,9-11H2,1H3. The molecule has 2 aromatic heterocycles. The van der Waals surface area contributed by atoms with E-state index < -0.39 is 0 Å². The van der Waals surface area contributed by atoms with Crippen LogP contribution in [0.15, 0.2) is 35.4 Å². The smallest absolute Gasteiger partial charge is 0.263 e. The van der Waals surface area contributed by atoms with Gasteiger partial charge in [0.2, 0.25) is 5.91 Å². The highest BCUT2D eigenvalue weighted by molar-refractivity contribution is 7.19. The zero-order valence-electron chi connectivity index (χ0n) is 15.1. The van der Waals surface area contributed by atoms with Gasteiger partial charge in [0.05, 0.1) is 11.7 Å². The van der Waals surface area contributed by atoms with E-state index in [-0.39, 0.29) is 18.0 Å². The average Bonchev–Trinajstić information content (AvgIpc) is 3.02. The summed E-state index contributed by atoms with van der Waals surface area (Å²) in [5.41, 5.74) is 1.64. The Balaban J connectivity index is 1.75. The number of hydrogen-bond acceptors (Lipinski definition) is 4. The van der Waals surface area contributed by atoms with Crippen molar-refractivity contribution in [2.45, 2.75) is 32.7 Å². The van der Waals surface area contributed by atoms with Crippen LogP contribution < -0.4 is 5.56 Å². The SMILES string of the molecule is Cc1sc2ncn(CC(=O)N3CCCCC3)c(=O)c2c1-c1ccc(Cl)cc1. The molecular formula is C20H20ClN3O2S. The van der Waals surface area contributed by atoms with Crippen molar-refractivity contribution in [2.75, 3.05) is 13.1 Å². The van der Waals surface area contributed by atoms with Crippen molar-refractivity contribution in [2.24, 2.45) is 0 Å². The third-order valence-electron chi connectivity index (χ3n) is 5.00. The summed E-state index contributed by atoms with van der Waals surface area (Å²) in [5.74, 6) is -0.0158. The summed E-state index contributed by atoms with van der Waals surface area (Å²) in [6.45, 7) is 3.57. The fourth-order valence-corrected chi connectivity index (χ4v) is 4.73. The van der Waals surface area contributed by atoms with Gasteiger partial charge in [0, 0.05) is 28.6 Å². The Kier molecular flexibility index (Phi) is 5.02. The van der Waals surface area contributed by atoms with Gasteiger partial charge in [0.15, 0.2) is 0 Å². The predicted molar refractivity (Wildman–Crippen MR) is 109 cm³/mol. The van der Waals surface area contributed by atoms with Crippen LogP contribution in [-0.2, 0) is 11.3 Å². The van der Waals surface area contributed by atoms with E-state index in [9.17, 15) is 9.59 Å². The number of aryl methyl sites for hydroxylation is 1. The molecule has 3 aromatic rings. The molecule has 1 aliphatic rings. The van der Waals surface area contributed by atoms with E-state index in [2.05, 4.69) is 4.98 Å². The summed E-state index contributed by atoms with van der Waals surface area (Å²) in [5, 5.41) is 1.23. The zero-order chi connectivity index (χ0) is 19.0. The number of carbonyl (C=O) groups excluding carboxylic acids is 1. The van der Waals surface area contributed by atoms with Crippen molar-refractivity contribution in [3.8, 4) is 11.1 Å². The van der Waals surface area contributed by atoms with Gasteiger partial charge in [0.25, 0.3) is 5.56 Å². The highest BCUT2D eigenvalue weighted by Gasteiger charge is 2.20. The number of benzene rings is 1. The molecule has 0 spiro atoms. The van der Waals surface area contributed by atoms with Crippen molar-refractivity contribution in [1.82, 2.24) is 14.5 Å². The van der Waals surface area contributed by atoms with Gasteiger partial charge in [-0.1, -0.05) is 23.7 Å². The maximum Gasteiger partial charge on any atom is 0.263 e. The molecular weight excluding hydrogens is 382 g/mol. The lowest BCUT2D eigenvalue weighted by atomic mass is 10.0. The maximum absolute atomic E-state index is 13.2. The Morgan fingerprint density at radius 1 is 1.19 bits per heavy atom. The van der Waals surface area contributed by atoms with Gasteiger partial charge in [-0.25, -0.2) is 4.98 Å². The van der Waals surface area contributed by atoms with Gasteiger partial charge in [-0.05, 0) is 43.9 Å². The first-order valence-electron chi connectivity index (χ1n) is 9.07. The topological polar surface area (TPSA) is 55.2 Å². The number of rotatable bonds is 3. The molecule has 27 heavy (non-hydrogen) atoms. The Morgan fingerprint density at radius 3 is 2.59 bits per heavy atom. The molecule has 0 aliphatic carbocycles. The molecule has 7 heteroatoms. The first-order valence-corrected chi connectivity index (χ1v) is 10.3. The lowest BCUT2D eigenvalue weighted by Crippen LogP contribution is -2.39. The summed E-state index contributed by atoms with van der Waals surface area (Å²) in [6, 6.07) is 7.45. The lowest BCUT2D eigenvalue weighted by Gasteiger charge is -2.26. The number of fused-ring (bicyclic) bond motifs is 1. The number of amides is 1. The summed E-state index contributed by atoms with van der Waals surface area (Å²) in [6.07, 6.45) is 4.72. The molecule has 1 fully saturated rings. The molecule has 0 atom stereocenters. The van der Waals surface area contributed by atoms with Crippen molar-refractivity contribution in [1.29, 1.82) is 0 Å². The summed E-state index contributed by atoms with van der Waals surface area (Å²) in [4.78, 5) is 33.8. The third-order valence-corrected chi connectivity index (χ3v) is 6.27. The first kappa shape index (κ1) is 18.2. The normalized spacial score (nSPS) is 14.7. The number of likely N-dealkylation sites (tertiary alicyclic amines) is 1. The molecule has 3 heterocycles. The van der Waals surface area contributed by atoms with Gasteiger partial charge in [-0.3, -0.25) is 14.2 Å². The Hall–Kier alpha value is -2.18. The molecule has 0 N–H and O–H groups in total. The van der Waals surface area contributed by atoms with Gasteiger partial charge in [0.1, 0.15) is 11.4 Å². The predicted octanol–water partition coefficient (Wildman–Crippen LogP) is 4.10. The van der Waals surface area contributed by atoms with E-state index in [0.29, 0.717) is 15.2 Å². The summed E-state index contributed by atoms with van der Waals surface area (Å²) >= 11 is 7.50. The summed E-state index contributed by atoms with van der Waals surface area (Å²) in [7, 11) is 0. The number of aromatic nitrogens is 2. The van der Waals surface area contributed by atoms with Crippen LogP contribution >= 0.6 is 22.9 Å². The van der Waals surface area contributed by atoms with Crippen LogP contribution in [0.5, 0.6) is 0 Å². The van der Waals surface area contributed by atoms with Gasteiger partial charge in [-0.2, -0.15) is 0 Å². The second-order valence-corrected chi connectivity index (χ2v) is 8.48. The van der Waals surface area contributed by atoms with E-state index in [1.807, 2.05) is 36.1 Å². The average molecular weight is 402 g/mol. The molecule has 0 saturated carbocycles. The summed E-state index contributed by atoms with van der Waals surface area (Å²) < 4.78 is 1.44. The fraction of sp³-hybridized carbons (Fsp3) is 0.350. The van der Waals surface area contributed by atoms with Crippen molar-refractivity contribution in [3.63, 3.8) is 0 Å². The van der Waals surface area contributed by atoms with Crippen LogP contribution in [0, 0.1) is 6.92 Å². The van der Waals surface area contributed by atoms with Crippen molar-refractivity contribution >= 4 is 39.1 Å². The molecule has 1 saturated heterocycles. The molecule has 4 rings (SSSR count). The molecule has 0 bridgehead atoms. The van der Waals surface area contributed by atoms with E-state index >= 15 is 0 Å². The fourth-order valence-electron chi connectivity index (χ4n) is 3.60. The van der Waals surface area contributed by atoms with E-state index in [0.717, 1.165) is 48.4 Å². The van der Waals surface area contributed by atoms with Crippen LogP contribution in [0.1, 0.15) is 24.1 Å². The quantitative estimate of drug-likeness (QED) is 0.663. The first-order chi connectivity index (χ1) is 13.0. The minimum Gasteiger partial charge on any atom is -0.341 e. The number of hydrogen-bond donors (Lipinski definition) is 0. The number of thiophene rings is 1. The van der Waals surface area contributed by atoms with Crippen LogP contribution in [0.3, 0.4) is 0 Å². The van der Waals surface area contributed by atoms with E-state index in [1.165, 1.54) is 22.2 Å². The Morgan fingerprint density at radius 2 is 1.89 bits per heavy atom. The van der Waals surface area contributed by atoms with Crippen LogP contribution in [0.4, 0.5) is 0 Å². The molecule has 1 aromatic carbocycles. The minimum absolute atomic E-state index is 0.0158. The Labute approximate surface area is 166 Å². The second kappa shape index (κ2) is 7.44. The number of piperidine rings is 1. The van der Waals surface area contributed by atoms with Crippen LogP contribution in [0.2, 0.25) is 5.02 Å². The molecule has 140 valence electrons. The van der Waals surface area contributed by atoms with Crippen molar-refractivity contribution in [3.05, 3.63) is 50.8 Å². The van der Waals surface area contributed by atoms with E-state index in [4.69, 9.17) is 11.6 Å². The van der Waals surface area contributed by atoms with E-state index in [1.54, 1.807) is 0 Å². The number of carbonyl (C=O) groups is 1. The van der Waals surface area contributed by atoms with Crippen molar-refractivity contribution < 1.29 is 4.79 Å². The lowest BCUT2D eigenvalue weighted by molar-refractivity contribution is -0.132. The molecule has 1 amide bonds. The molecule has 1 aliphatic heterocycles. The second-order valence-electron chi connectivity index (χ2n) is 6.84. The Bertz CT molecular complexity index is 1050. The highest BCUT2D eigenvalue weighted by atomic mass is 35.5. The maximum atomic E-state index is 13.2. The van der Waals surface area contributed by atoms with Gasteiger partial charge in [-0.15, -0.1) is 11.3 Å². The number of nitrogens with zero attached hydrogens (tertiary/aromatic N) is 3. The monoisotopic (exact) mass is 401 g/mol. The van der Waals surface area contributed by atoms with Crippen LogP contribution in [0.25, 0.3) is 21.3 Å². The van der Waals surface area contributed by atoms with Gasteiger partial charge >= 0.3 is 0 Å². The van der Waals surface area contributed by atoms with Crippen LogP contribution in [-0.4, -0.2) is 33.4 Å². The largest absolute Gasteiger partial charge is 0.341 e. The molecule has 0 radical (unpaired) electrons. The third kappa shape index (κ3) is 3.51.